The van der Waals surface area contributed by atoms with E-state index in [0.717, 1.165) is 5.92 Å². The SMILES string of the molecule is CN1CCCC1NCC1CCCNCC1. The molecule has 0 radical (unpaired) electrons. The van der Waals surface area contributed by atoms with E-state index in [-0.39, 0.29) is 0 Å². The molecule has 2 aliphatic heterocycles. The maximum Gasteiger partial charge on any atom is 0.0595 e. The van der Waals surface area contributed by atoms with Crippen molar-refractivity contribution in [3.05, 3.63) is 0 Å². The van der Waals surface area contributed by atoms with E-state index in [2.05, 4.69) is 22.6 Å². The smallest absolute Gasteiger partial charge is 0.0595 e. The van der Waals surface area contributed by atoms with Crippen LogP contribution >= 0.6 is 0 Å². The molecule has 0 amide bonds. The van der Waals surface area contributed by atoms with E-state index in [1.54, 1.807) is 0 Å². The topological polar surface area (TPSA) is 27.3 Å². The van der Waals surface area contributed by atoms with E-state index >= 15 is 0 Å². The predicted molar refractivity (Wildman–Crippen MR) is 63.9 cm³/mol. The van der Waals surface area contributed by atoms with Crippen LogP contribution < -0.4 is 10.6 Å². The van der Waals surface area contributed by atoms with Gasteiger partial charge in [-0.2, -0.15) is 0 Å². The zero-order valence-electron chi connectivity index (χ0n) is 9.97. The first kappa shape index (κ1) is 11.4. The minimum Gasteiger partial charge on any atom is -0.317 e. The van der Waals surface area contributed by atoms with Gasteiger partial charge >= 0.3 is 0 Å². The van der Waals surface area contributed by atoms with Crippen molar-refractivity contribution in [2.24, 2.45) is 5.92 Å². The summed E-state index contributed by atoms with van der Waals surface area (Å²) in [5.74, 6) is 0.897. The first-order valence-electron chi connectivity index (χ1n) is 6.50. The van der Waals surface area contributed by atoms with Crippen molar-refractivity contribution in [3.63, 3.8) is 0 Å². The van der Waals surface area contributed by atoms with Crippen LogP contribution in [-0.2, 0) is 0 Å². The number of hydrogen-bond acceptors (Lipinski definition) is 3. The summed E-state index contributed by atoms with van der Waals surface area (Å²) in [7, 11) is 2.24. The van der Waals surface area contributed by atoms with Crippen LogP contribution in [0.15, 0.2) is 0 Å². The van der Waals surface area contributed by atoms with Crippen molar-refractivity contribution in [2.45, 2.75) is 38.3 Å². The Kier molecular flexibility index (Phi) is 4.42. The Labute approximate surface area is 93.6 Å². The van der Waals surface area contributed by atoms with Crippen molar-refractivity contribution >= 4 is 0 Å². The standard InChI is InChI=1S/C12H25N3/c1-15-9-3-5-12(15)14-10-11-4-2-7-13-8-6-11/h11-14H,2-10H2,1H3. The van der Waals surface area contributed by atoms with Gasteiger partial charge in [0.1, 0.15) is 0 Å². The number of nitrogens with one attached hydrogen (secondary N) is 2. The second-order valence-corrected chi connectivity index (χ2v) is 5.09. The minimum absolute atomic E-state index is 0.654. The van der Waals surface area contributed by atoms with Crippen LogP contribution in [-0.4, -0.2) is 44.3 Å². The lowest BCUT2D eigenvalue weighted by molar-refractivity contribution is 0.248. The fourth-order valence-corrected chi connectivity index (χ4v) is 2.77. The summed E-state index contributed by atoms with van der Waals surface area (Å²) in [5, 5.41) is 7.20. The van der Waals surface area contributed by atoms with Gasteiger partial charge in [0.25, 0.3) is 0 Å². The second kappa shape index (κ2) is 5.83. The number of rotatable bonds is 3. The molecule has 2 heterocycles. The van der Waals surface area contributed by atoms with Crippen molar-refractivity contribution in [3.8, 4) is 0 Å². The molecule has 88 valence electrons. The number of nitrogens with zero attached hydrogens (tertiary/aromatic N) is 1. The Balaban J connectivity index is 1.67. The maximum atomic E-state index is 3.73. The molecular weight excluding hydrogens is 186 g/mol. The molecule has 2 aliphatic rings. The average molecular weight is 211 g/mol. The van der Waals surface area contributed by atoms with Crippen LogP contribution in [0.25, 0.3) is 0 Å². The van der Waals surface area contributed by atoms with Gasteiger partial charge in [0.2, 0.25) is 0 Å². The summed E-state index contributed by atoms with van der Waals surface area (Å²) < 4.78 is 0. The van der Waals surface area contributed by atoms with Crippen molar-refractivity contribution < 1.29 is 0 Å². The summed E-state index contributed by atoms with van der Waals surface area (Å²) in [4.78, 5) is 2.45. The molecule has 0 spiro atoms. The predicted octanol–water partition coefficient (Wildman–Crippen LogP) is 1.02. The third-order valence-electron chi connectivity index (χ3n) is 3.86. The van der Waals surface area contributed by atoms with E-state index in [0.29, 0.717) is 6.17 Å². The van der Waals surface area contributed by atoms with Gasteiger partial charge in [-0.25, -0.2) is 0 Å². The van der Waals surface area contributed by atoms with E-state index < -0.39 is 0 Å². The molecule has 0 aromatic heterocycles. The zero-order valence-corrected chi connectivity index (χ0v) is 9.97. The largest absolute Gasteiger partial charge is 0.317 e. The van der Waals surface area contributed by atoms with Gasteiger partial charge in [-0.1, -0.05) is 0 Å². The Morgan fingerprint density at radius 1 is 1.20 bits per heavy atom. The molecule has 2 N–H and O–H groups in total. The van der Waals surface area contributed by atoms with Gasteiger partial charge in [-0.05, 0) is 71.2 Å². The molecule has 2 rings (SSSR count). The molecule has 0 bridgehead atoms. The Morgan fingerprint density at radius 2 is 2.13 bits per heavy atom. The molecule has 2 saturated heterocycles. The molecule has 2 atom stereocenters. The normalized spacial score (nSPS) is 34.2. The minimum atomic E-state index is 0.654. The third kappa shape index (κ3) is 3.44. The van der Waals surface area contributed by atoms with Crippen LogP contribution in [0.3, 0.4) is 0 Å². The van der Waals surface area contributed by atoms with E-state index in [1.807, 2.05) is 0 Å². The van der Waals surface area contributed by atoms with Gasteiger partial charge in [0.05, 0.1) is 6.17 Å². The Hall–Kier alpha value is -0.120. The highest BCUT2D eigenvalue weighted by atomic mass is 15.3. The Morgan fingerprint density at radius 3 is 2.93 bits per heavy atom. The van der Waals surface area contributed by atoms with Gasteiger partial charge in [-0.15, -0.1) is 0 Å². The van der Waals surface area contributed by atoms with Crippen LogP contribution in [0.2, 0.25) is 0 Å². The van der Waals surface area contributed by atoms with E-state index in [4.69, 9.17) is 0 Å². The lowest BCUT2D eigenvalue weighted by Crippen LogP contribution is -2.41. The highest BCUT2D eigenvalue weighted by Gasteiger charge is 2.21. The van der Waals surface area contributed by atoms with Crippen molar-refractivity contribution in [1.29, 1.82) is 0 Å². The second-order valence-electron chi connectivity index (χ2n) is 5.09. The lowest BCUT2D eigenvalue weighted by Gasteiger charge is -2.23. The fraction of sp³-hybridized carbons (Fsp3) is 1.00. The van der Waals surface area contributed by atoms with Gasteiger partial charge in [0, 0.05) is 0 Å². The first-order chi connectivity index (χ1) is 7.36. The van der Waals surface area contributed by atoms with Crippen molar-refractivity contribution in [1.82, 2.24) is 15.5 Å². The van der Waals surface area contributed by atoms with E-state index in [1.165, 1.54) is 58.3 Å². The molecule has 3 heteroatoms. The molecule has 0 aromatic rings. The van der Waals surface area contributed by atoms with Crippen LogP contribution in [0.4, 0.5) is 0 Å². The molecule has 15 heavy (non-hydrogen) atoms. The van der Waals surface area contributed by atoms with Crippen LogP contribution in [0.1, 0.15) is 32.1 Å². The van der Waals surface area contributed by atoms with Crippen LogP contribution in [0.5, 0.6) is 0 Å². The summed E-state index contributed by atoms with van der Waals surface area (Å²) in [6, 6.07) is 0. The molecule has 2 fully saturated rings. The quantitative estimate of drug-likeness (QED) is 0.730. The molecule has 0 aliphatic carbocycles. The molecular formula is C12H25N3. The summed E-state index contributed by atoms with van der Waals surface area (Å²) in [6.45, 7) is 4.92. The maximum absolute atomic E-state index is 3.73. The summed E-state index contributed by atoms with van der Waals surface area (Å²) >= 11 is 0. The Bertz CT molecular complexity index is 176. The first-order valence-corrected chi connectivity index (χ1v) is 6.50. The van der Waals surface area contributed by atoms with Crippen LogP contribution in [0, 0.1) is 5.92 Å². The highest BCUT2D eigenvalue weighted by molar-refractivity contribution is 4.76. The summed E-state index contributed by atoms with van der Waals surface area (Å²) in [6.07, 6.45) is 7.45. The fourth-order valence-electron chi connectivity index (χ4n) is 2.77. The molecule has 0 aromatic carbocycles. The molecule has 2 unspecified atom stereocenters. The highest BCUT2D eigenvalue weighted by Crippen LogP contribution is 2.15. The third-order valence-corrected chi connectivity index (χ3v) is 3.86. The van der Waals surface area contributed by atoms with Crippen molar-refractivity contribution in [2.75, 3.05) is 33.2 Å². The molecule has 0 saturated carbocycles. The van der Waals surface area contributed by atoms with Gasteiger partial charge in [-0.3, -0.25) is 4.90 Å². The number of hydrogen-bond donors (Lipinski definition) is 2. The monoisotopic (exact) mass is 211 g/mol. The lowest BCUT2D eigenvalue weighted by atomic mass is 10.0. The average Bonchev–Trinajstić information content (AvgIpc) is 2.53. The summed E-state index contributed by atoms with van der Waals surface area (Å²) in [5.41, 5.74) is 0. The van der Waals surface area contributed by atoms with Gasteiger partial charge < -0.3 is 10.6 Å². The zero-order chi connectivity index (χ0) is 10.5. The van der Waals surface area contributed by atoms with E-state index in [9.17, 15) is 0 Å². The number of likely N-dealkylation sites (tertiary alicyclic amines) is 1. The van der Waals surface area contributed by atoms with Gasteiger partial charge in [0.15, 0.2) is 0 Å². The molecule has 3 nitrogen and oxygen atoms in total.